The van der Waals surface area contributed by atoms with Crippen molar-refractivity contribution in [3.05, 3.63) is 57.9 Å². The lowest BCUT2D eigenvalue weighted by molar-refractivity contribution is 1.22. The smallest absolute Gasteiger partial charge is 0.162 e. The number of rotatable bonds is 1. The zero-order valence-electron chi connectivity index (χ0n) is 11.3. The van der Waals surface area contributed by atoms with Crippen molar-refractivity contribution in [3.63, 3.8) is 0 Å². The topological polar surface area (TPSA) is 25.8 Å². The zero-order chi connectivity index (χ0) is 14.4. The first-order chi connectivity index (χ1) is 10.2. The van der Waals surface area contributed by atoms with Crippen LogP contribution in [0.1, 0.15) is 5.56 Å². The van der Waals surface area contributed by atoms with Gasteiger partial charge in [0, 0.05) is 16.3 Å². The summed E-state index contributed by atoms with van der Waals surface area (Å²) >= 11 is 8.04. The van der Waals surface area contributed by atoms with Crippen molar-refractivity contribution in [2.24, 2.45) is 0 Å². The average Bonchev–Trinajstić information content (AvgIpc) is 2.91. The molecule has 0 atom stereocenters. The van der Waals surface area contributed by atoms with Crippen LogP contribution in [0.15, 0.2) is 47.2 Å². The second kappa shape index (κ2) is 4.79. The van der Waals surface area contributed by atoms with Gasteiger partial charge in [-0.25, -0.2) is 9.97 Å². The van der Waals surface area contributed by atoms with Gasteiger partial charge in [0.25, 0.3) is 0 Å². The van der Waals surface area contributed by atoms with E-state index in [1.165, 1.54) is 5.56 Å². The summed E-state index contributed by atoms with van der Waals surface area (Å²) < 4.78 is 0. The minimum absolute atomic E-state index is 0.506. The number of benzene rings is 2. The van der Waals surface area contributed by atoms with Crippen LogP contribution < -0.4 is 0 Å². The van der Waals surface area contributed by atoms with E-state index in [4.69, 9.17) is 16.6 Å². The summed E-state index contributed by atoms with van der Waals surface area (Å²) in [5.74, 6) is 0.696. The molecule has 2 nitrogen and oxygen atoms in total. The van der Waals surface area contributed by atoms with Crippen molar-refractivity contribution in [2.75, 3.05) is 0 Å². The Morgan fingerprint density at radius 2 is 1.76 bits per heavy atom. The van der Waals surface area contributed by atoms with Crippen LogP contribution in [0.5, 0.6) is 0 Å². The van der Waals surface area contributed by atoms with Crippen molar-refractivity contribution < 1.29 is 0 Å². The maximum atomic E-state index is 6.38. The average molecular weight is 311 g/mol. The largest absolute Gasteiger partial charge is 0.228 e. The molecule has 0 aliphatic rings. The maximum Gasteiger partial charge on any atom is 0.162 e. The fourth-order valence-corrected chi connectivity index (χ4v) is 3.55. The van der Waals surface area contributed by atoms with Crippen LogP contribution in [0.3, 0.4) is 0 Å². The number of hydrogen-bond acceptors (Lipinski definition) is 3. The van der Waals surface area contributed by atoms with Crippen LogP contribution in [0.25, 0.3) is 33.1 Å². The SMILES string of the molecule is Cc1cscc1-c1nc(Cl)c2cc3ccccc3cc2n1. The van der Waals surface area contributed by atoms with E-state index < -0.39 is 0 Å². The third kappa shape index (κ3) is 2.09. The maximum absolute atomic E-state index is 6.38. The number of fused-ring (bicyclic) bond motifs is 2. The molecule has 2 aromatic heterocycles. The molecule has 0 bridgehead atoms. The molecule has 0 spiro atoms. The number of hydrogen-bond donors (Lipinski definition) is 0. The molecule has 0 aliphatic heterocycles. The van der Waals surface area contributed by atoms with Gasteiger partial charge in [-0.05, 0) is 40.8 Å². The first kappa shape index (κ1) is 12.7. The molecule has 4 heteroatoms. The Hall–Kier alpha value is -1.97. The van der Waals surface area contributed by atoms with E-state index in [-0.39, 0.29) is 0 Å². The van der Waals surface area contributed by atoms with Gasteiger partial charge in [-0.3, -0.25) is 0 Å². The Labute approximate surface area is 131 Å². The highest BCUT2D eigenvalue weighted by Gasteiger charge is 2.11. The van der Waals surface area contributed by atoms with E-state index in [9.17, 15) is 0 Å². The Bertz CT molecular complexity index is 975. The summed E-state index contributed by atoms with van der Waals surface area (Å²) in [7, 11) is 0. The van der Waals surface area contributed by atoms with Gasteiger partial charge >= 0.3 is 0 Å². The van der Waals surface area contributed by atoms with Crippen molar-refractivity contribution in [3.8, 4) is 11.4 Å². The molecular formula is C17H11ClN2S. The highest BCUT2D eigenvalue weighted by molar-refractivity contribution is 7.08. The van der Waals surface area contributed by atoms with Crippen LogP contribution >= 0.6 is 22.9 Å². The van der Waals surface area contributed by atoms with E-state index in [1.807, 2.05) is 12.1 Å². The molecule has 0 aliphatic carbocycles. The van der Waals surface area contributed by atoms with E-state index in [0.717, 1.165) is 27.2 Å². The molecule has 4 aromatic rings. The Morgan fingerprint density at radius 1 is 1.00 bits per heavy atom. The highest BCUT2D eigenvalue weighted by atomic mass is 35.5. The minimum atomic E-state index is 0.506. The lowest BCUT2D eigenvalue weighted by Gasteiger charge is -2.06. The van der Waals surface area contributed by atoms with Crippen LogP contribution in [0.4, 0.5) is 0 Å². The predicted octanol–water partition coefficient (Wildman–Crippen LogP) is 5.47. The summed E-state index contributed by atoms with van der Waals surface area (Å²) in [5.41, 5.74) is 3.11. The van der Waals surface area contributed by atoms with Crippen LogP contribution in [-0.4, -0.2) is 9.97 Å². The van der Waals surface area contributed by atoms with Gasteiger partial charge in [0.2, 0.25) is 0 Å². The molecule has 0 radical (unpaired) electrons. The monoisotopic (exact) mass is 310 g/mol. The van der Waals surface area contributed by atoms with Crippen molar-refractivity contribution >= 4 is 44.6 Å². The van der Waals surface area contributed by atoms with Crippen LogP contribution in [-0.2, 0) is 0 Å². The molecule has 0 saturated carbocycles. The second-order valence-electron chi connectivity index (χ2n) is 5.02. The van der Waals surface area contributed by atoms with Crippen molar-refractivity contribution in [2.45, 2.75) is 6.92 Å². The molecule has 0 fully saturated rings. The molecule has 0 saturated heterocycles. The lowest BCUT2D eigenvalue weighted by Crippen LogP contribution is -1.92. The van der Waals surface area contributed by atoms with Gasteiger partial charge in [0.1, 0.15) is 5.15 Å². The van der Waals surface area contributed by atoms with Crippen LogP contribution in [0, 0.1) is 6.92 Å². The Kier molecular flexibility index (Phi) is 2.91. The van der Waals surface area contributed by atoms with E-state index in [1.54, 1.807) is 11.3 Å². The van der Waals surface area contributed by atoms with E-state index in [2.05, 4.69) is 46.9 Å². The normalized spacial score (nSPS) is 11.3. The van der Waals surface area contributed by atoms with Gasteiger partial charge in [-0.15, -0.1) is 0 Å². The number of thiophene rings is 1. The number of halogens is 1. The Morgan fingerprint density at radius 3 is 2.48 bits per heavy atom. The second-order valence-corrected chi connectivity index (χ2v) is 6.12. The lowest BCUT2D eigenvalue weighted by atomic mass is 10.1. The van der Waals surface area contributed by atoms with Gasteiger partial charge in [-0.1, -0.05) is 35.9 Å². The van der Waals surface area contributed by atoms with E-state index in [0.29, 0.717) is 11.0 Å². The molecule has 102 valence electrons. The number of aromatic nitrogens is 2. The first-order valence-corrected chi connectivity index (χ1v) is 7.93. The van der Waals surface area contributed by atoms with Crippen molar-refractivity contribution in [1.82, 2.24) is 9.97 Å². The summed E-state index contributed by atoms with van der Waals surface area (Å²) in [6.07, 6.45) is 0. The van der Waals surface area contributed by atoms with Gasteiger partial charge < -0.3 is 0 Å². The van der Waals surface area contributed by atoms with Crippen molar-refractivity contribution in [1.29, 1.82) is 0 Å². The molecule has 4 rings (SSSR count). The number of aryl methyl sites for hydroxylation is 1. The molecule has 21 heavy (non-hydrogen) atoms. The predicted molar refractivity (Wildman–Crippen MR) is 90.1 cm³/mol. The molecule has 2 heterocycles. The summed E-state index contributed by atoms with van der Waals surface area (Å²) in [6, 6.07) is 12.3. The molecule has 2 aromatic carbocycles. The minimum Gasteiger partial charge on any atom is -0.228 e. The molecule has 0 unspecified atom stereocenters. The Balaban J connectivity index is 2.05. The molecule has 0 N–H and O–H groups in total. The van der Waals surface area contributed by atoms with Gasteiger partial charge in [0.15, 0.2) is 5.82 Å². The summed E-state index contributed by atoms with van der Waals surface area (Å²) in [5, 5.41) is 7.87. The highest BCUT2D eigenvalue weighted by Crippen LogP contribution is 2.30. The van der Waals surface area contributed by atoms with Gasteiger partial charge in [0.05, 0.1) is 5.52 Å². The quantitative estimate of drug-likeness (QED) is 0.344. The third-order valence-electron chi connectivity index (χ3n) is 3.61. The summed E-state index contributed by atoms with van der Waals surface area (Å²) in [6.45, 7) is 2.06. The summed E-state index contributed by atoms with van der Waals surface area (Å²) in [4.78, 5) is 9.17. The molecule has 0 amide bonds. The zero-order valence-corrected chi connectivity index (χ0v) is 12.9. The fourth-order valence-electron chi connectivity index (χ4n) is 2.49. The van der Waals surface area contributed by atoms with Gasteiger partial charge in [-0.2, -0.15) is 11.3 Å². The number of nitrogens with zero attached hydrogens (tertiary/aromatic N) is 2. The standard InChI is InChI=1S/C17H11ClN2S/c1-10-8-21-9-14(10)17-19-15-7-12-5-3-2-4-11(12)6-13(15)16(18)20-17/h2-9H,1H3. The first-order valence-electron chi connectivity index (χ1n) is 6.61. The van der Waals surface area contributed by atoms with E-state index >= 15 is 0 Å². The third-order valence-corrected chi connectivity index (χ3v) is 4.76. The van der Waals surface area contributed by atoms with Crippen LogP contribution in [0.2, 0.25) is 5.15 Å². The molecular weight excluding hydrogens is 300 g/mol. The fraction of sp³-hybridized carbons (Fsp3) is 0.0588.